The summed E-state index contributed by atoms with van der Waals surface area (Å²) in [6.07, 6.45) is 17.0. The highest BCUT2D eigenvalue weighted by Crippen LogP contribution is 2.45. The molecule has 1 saturated carbocycles. The van der Waals surface area contributed by atoms with E-state index in [1.165, 1.54) is 31.1 Å². The predicted molar refractivity (Wildman–Crippen MR) is 270 cm³/mol. The van der Waals surface area contributed by atoms with Crippen molar-refractivity contribution in [1.29, 1.82) is 0 Å². The third-order valence-electron chi connectivity index (χ3n) is 11.0. The third-order valence-corrected chi connectivity index (χ3v) is 11.0. The second-order valence-electron chi connectivity index (χ2n) is 15.7. The number of aromatic amines is 2. The maximum Gasteiger partial charge on any atom is 0.407 e. The van der Waals surface area contributed by atoms with Gasteiger partial charge < -0.3 is 44.5 Å². The molecule has 2 aromatic heterocycles. The number of carbonyl (C=O) groups excluding carboxylic acids is 4. The number of alkyl carbamates (subject to hydrolysis) is 1. The summed E-state index contributed by atoms with van der Waals surface area (Å²) in [5.74, 6) is 2.34. The van der Waals surface area contributed by atoms with Crippen molar-refractivity contribution in [2.75, 3.05) is 68.3 Å². The van der Waals surface area contributed by atoms with Crippen LogP contribution in [0.3, 0.4) is 0 Å². The van der Waals surface area contributed by atoms with Crippen molar-refractivity contribution in [1.82, 2.24) is 40.4 Å². The van der Waals surface area contributed by atoms with Gasteiger partial charge in [-0.2, -0.15) is 0 Å². The largest absolute Gasteiger partial charge is 0.453 e. The highest BCUT2D eigenvalue weighted by atomic mass is 16.5. The molecule has 7 rings (SSSR count). The number of imidazole rings is 2. The summed E-state index contributed by atoms with van der Waals surface area (Å²) in [6.45, 7) is 13.4. The number of nitrogens with zero attached hydrogens (tertiary/aromatic N) is 4. The molecule has 15 nitrogen and oxygen atoms in total. The highest BCUT2D eigenvalue weighted by molar-refractivity contribution is 5.90. The quantitative estimate of drug-likeness (QED) is 0.0584. The lowest BCUT2D eigenvalue weighted by molar-refractivity contribution is -0.132. The van der Waals surface area contributed by atoms with Crippen LogP contribution in [0.1, 0.15) is 85.4 Å². The van der Waals surface area contributed by atoms with Crippen LogP contribution in [0.2, 0.25) is 0 Å². The number of ether oxygens (including phenoxy) is 3. The van der Waals surface area contributed by atoms with Gasteiger partial charge in [0.2, 0.25) is 12.3 Å². The predicted octanol–water partition coefficient (Wildman–Crippen LogP) is 8.93. The number of hydrogen-bond donors (Lipinski definition) is 4. The lowest BCUT2D eigenvalue weighted by Gasteiger charge is -2.25. The summed E-state index contributed by atoms with van der Waals surface area (Å²) >= 11 is 0. The fourth-order valence-electron chi connectivity index (χ4n) is 7.23. The minimum Gasteiger partial charge on any atom is -0.453 e. The molecular weight excluding hydrogens is 849 g/mol. The van der Waals surface area contributed by atoms with Gasteiger partial charge in [0.25, 0.3) is 0 Å². The molecule has 2 atom stereocenters. The first-order valence-electron chi connectivity index (χ1n) is 22.3. The summed E-state index contributed by atoms with van der Waals surface area (Å²) in [5.41, 5.74) is 6.63. The number of carbonyl (C=O) groups is 4. The molecule has 5 aromatic rings. The second kappa shape index (κ2) is 31.6. The van der Waals surface area contributed by atoms with Crippen LogP contribution in [0.4, 0.5) is 4.79 Å². The topological polar surface area (TPSA) is 184 Å². The van der Waals surface area contributed by atoms with Gasteiger partial charge >= 0.3 is 6.09 Å². The molecule has 67 heavy (non-hydrogen) atoms. The number of amides is 3. The van der Waals surface area contributed by atoms with Gasteiger partial charge in [-0.15, -0.1) is 12.8 Å². The zero-order chi connectivity index (χ0) is 49.1. The Bertz CT molecular complexity index is 2210. The monoisotopic (exact) mass is 925 g/mol. The molecule has 15 heteroatoms. The molecule has 0 bridgehead atoms. The first-order valence-corrected chi connectivity index (χ1v) is 22.3. The van der Waals surface area contributed by atoms with Crippen molar-refractivity contribution in [3.05, 3.63) is 84.7 Å². The Hall–Kier alpha value is -6.34. The number of likely N-dealkylation sites (tertiary alicyclic amines) is 1. The summed E-state index contributed by atoms with van der Waals surface area (Å²) in [6, 6.07) is 22.1. The Morgan fingerprint density at radius 3 is 1.99 bits per heavy atom. The van der Waals surface area contributed by atoms with Gasteiger partial charge in [0.15, 0.2) is 0 Å². The Morgan fingerprint density at radius 2 is 1.43 bits per heavy atom. The van der Waals surface area contributed by atoms with Gasteiger partial charge in [0, 0.05) is 40.0 Å². The zero-order valence-corrected chi connectivity index (χ0v) is 40.6. The van der Waals surface area contributed by atoms with E-state index in [1.807, 2.05) is 33.2 Å². The Labute approximate surface area is 399 Å². The molecule has 1 aliphatic heterocycles. The van der Waals surface area contributed by atoms with Gasteiger partial charge in [0.1, 0.15) is 17.9 Å². The van der Waals surface area contributed by atoms with Crippen LogP contribution in [0.5, 0.6) is 0 Å². The number of rotatable bonds is 15. The van der Waals surface area contributed by atoms with E-state index in [-0.39, 0.29) is 31.8 Å². The Kier molecular flexibility index (Phi) is 27.6. The fraction of sp³-hybridized carbons (Fsp3) is 0.462. The fourth-order valence-corrected chi connectivity index (χ4v) is 7.23. The van der Waals surface area contributed by atoms with E-state index >= 15 is 0 Å². The molecule has 0 spiro atoms. The van der Waals surface area contributed by atoms with Crippen LogP contribution in [0.15, 0.2) is 73.1 Å². The van der Waals surface area contributed by atoms with Gasteiger partial charge in [-0.1, -0.05) is 90.1 Å². The van der Waals surface area contributed by atoms with E-state index in [0.29, 0.717) is 37.7 Å². The molecule has 1 saturated heterocycles. The molecule has 2 fully saturated rings. The number of hydrogen-bond acceptors (Lipinski definition) is 10. The molecule has 366 valence electrons. The van der Waals surface area contributed by atoms with Crippen LogP contribution in [0, 0.1) is 24.2 Å². The number of terminal acetylenes is 1. The average molecular weight is 925 g/mol. The van der Waals surface area contributed by atoms with Crippen molar-refractivity contribution in [2.24, 2.45) is 11.3 Å². The van der Waals surface area contributed by atoms with E-state index in [2.05, 4.69) is 139 Å². The Morgan fingerprint density at radius 1 is 0.881 bits per heavy atom. The summed E-state index contributed by atoms with van der Waals surface area (Å²) in [7, 11) is 8.36. The van der Waals surface area contributed by atoms with Crippen molar-refractivity contribution >= 4 is 35.5 Å². The van der Waals surface area contributed by atoms with Crippen LogP contribution < -0.4 is 10.6 Å². The van der Waals surface area contributed by atoms with Gasteiger partial charge in [-0.3, -0.25) is 14.5 Å². The molecule has 3 heterocycles. The van der Waals surface area contributed by atoms with E-state index in [0.717, 1.165) is 70.9 Å². The third kappa shape index (κ3) is 18.5. The van der Waals surface area contributed by atoms with E-state index in [4.69, 9.17) is 4.98 Å². The van der Waals surface area contributed by atoms with Crippen molar-refractivity contribution in [2.45, 2.75) is 80.3 Å². The van der Waals surface area contributed by atoms with Gasteiger partial charge in [0.05, 0.1) is 56.6 Å². The second-order valence-corrected chi connectivity index (χ2v) is 15.7. The minimum absolute atomic E-state index is 0. The average Bonchev–Trinajstić information content (AvgIpc) is 3.70. The lowest BCUT2D eigenvalue weighted by atomic mass is 9.97. The number of fused-ring (bicyclic) bond motifs is 1. The number of aromatic nitrogens is 4. The van der Waals surface area contributed by atoms with Crippen LogP contribution in [-0.4, -0.2) is 123 Å². The van der Waals surface area contributed by atoms with Crippen LogP contribution >= 0.6 is 0 Å². The maximum atomic E-state index is 12.8. The Balaban J connectivity index is 0.000000964. The molecular formula is C52H76N8O7. The van der Waals surface area contributed by atoms with Gasteiger partial charge in [-0.05, 0) is 90.7 Å². The van der Waals surface area contributed by atoms with Crippen LogP contribution in [0.25, 0.3) is 44.4 Å². The number of nitrogens with one attached hydrogen (secondary N) is 4. The maximum absolute atomic E-state index is 12.8. The first kappa shape index (κ1) is 58.7. The number of methoxy groups -OCH3 is 3. The SMILES string of the molecule is C.C#C.CC.CCOC.CC[C@@H]1CCN(C)C1c1ncc(-c2ccc(-c3ccc4cc(-c5cnc(CN(CC6(C)CC6)C(=O)CNC=O)[nH]5)ccc4c3)cc2)[nH]1.COC.COC(=O)NCC=O. The standard InChI is InChI=1S/C38H43N7O2.C4H7NO3.C3H8O.C2H6O.C2H6.C2H2.CH4/c1-4-25-13-16-44(3)36(25)37-41-20-32(43-37)27-7-5-26(6-8-27)28-9-10-30-18-31(12-11-29(30)17-28)33-19-40-34(42-33)22-45(23-38(2)14-15-38)35(47)21-39-24-46;1-8-4(7)5-2-3-6;1-3-4-2;1-3-2;2*1-2;/h5-12,17-20,24-25,36H,4,13-16,21-23H2,1-3H3,(H,39,46)(H,40,42)(H,41,43);3H,2H2,1H3,(H,5,7);3H2,1-2H3;1-2H3;1-2H3;1-2H;1H4/t25-,36?;;;;;;/m1....../s1. The highest BCUT2D eigenvalue weighted by Gasteiger charge is 2.40. The van der Waals surface area contributed by atoms with E-state index in [1.54, 1.807) is 26.2 Å². The van der Waals surface area contributed by atoms with Crippen molar-refractivity contribution in [3.8, 4) is 46.5 Å². The van der Waals surface area contributed by atoms with E-state index in [9.17, 15) is 19.2 Å². The van der Waals surface area contributed by atoms with Crippen molar-refractivity contribution < 1.29 is 33.4 Å². The first-order chi connectivity index (χ1) is 32.0. The zero-order valence-electron chi connectivity index (χ0n) is 40.6. The minimum atomic E-state index is -0.586. The normalized spacial score (nSPS) is 14.9. The van der Waals surface area contributed by atoms with E-state index < -0.39 is 6.09 Å². The number of benzene rings is 3. The summed E-state index contributed by atoms with van der Waals surface area (Å²) < 4.78 is 12.9. The summed E-state index contributed by atoms with van der Waals surface area (Å²) in [5, 5.41) is 6.96. The number of aldehydes is 1. The van der Waals surface area contributed by atoms with Gasteiger partial charge in [-0.25, -0.2) is 14.8 Å². The molecule has 4 N–H and O–H groups in total. The van der Waals surface area contributed by atoms with Crippen LogP contribution in [-0.2, 0) is 35.1 Å². The lowest BCUT2D eigenvalue weighted by Crippen LogP contribution is -2.40. The van der Waals surface area contributed by atoms with Crippen molar-refractivity contribution in [3.63, 3.8) is 0 Å². The molecule has 2 aliphatic rings. The number of H-pyrrole nitrogens is 2. The molecule has 1 unspecified atom stereocenters. The smallest absolute Gasteiger partial charge is 0.407 e. The molecule has 3 aromatic carbocycles. The summed E-state index contributed by atoms with van der Waals surface area (Å²) in [4.78, 5) is 63.8. The molecule has 1 aliphatic carbocycles. The molecule has 0 radical (unpaired) electrons. The molecule has 3 amide bonds.